The van der Waals surface area contributed by atoms with Crippen LogP contribution in [0, 0.1) is 0 Å². The van der Waals surface area contributed by atoms with Gasteiger partial charge in [0.05, 0.1) is 12.1 Å². The summed E-state index contributed by atoms with van der Waals surface area (Å²) in [6, 6.07) is 3.94. The molecule has 138 valence electrons. The summed E-state index contributed by atoms with van der Waals surface area (Å²) in [4.78, 5) is 24.3. The molecule has 0 bridgehead atoms. The maximum absolute atomic E-state index is 11.5. The van der Waals surface area contributed by atoms with Gasteiger partial charge in [-0.1, -0.05) is 5.16 Å². The minimum Gasteiger partial charge on any atom is -0.392 e. The topological polar surface area (TPSA) is 95.6 Å². The normalized spacial score (nSPS) is 24.9. The number of pyridine rings is 1. The summed E-state index contributed by atoms with van der Waals surface area (Å²) in [5.74, 6) is 1.18. The molecule has 0 aliphatic carbocycles. The first-order valence-corrected chi connectivity index (χ1v) is 9.05. The van der Waals surface area contributed by atoms with E-state index in [1.807, 2.05) is 17.0 Å². The van der Waals surface area contributed by atoms with E-state index in [2.05, 4.69) is 20.0 Å². The minimum absolute atomic E-state index is 0.0863. The maximum atomic E-state index is 11.5. The maximum Gasteiger partial charge on any atom is 0.244 e. The van der Waals surface area contributed by atoms with Crippen LogP contribution in [0.3, 0.4) is 0 Å². The summed E-state index contributed by atoms with van der Waals surface area (Å²) in [5, 5.41) is 14.3. The average molecular weight is 357 g/mol. The molecule has 2 atom stereocenters. The van der Waals surface area contributed by atoms with Gasteiger partial charge in [0.1, 0.15) is 0 Å². The zero-order valence-corrected chi connectivity index (χ0v) is 14.8. The molecule has 2 aliphatic heterocycles. The third-order valence-corrected chi connectivity index (χ3v) is 5.34. The summed E-state index contributed by atoms with van der Waals surface area (Å²) in [7, 11) is 0. The van der Waals surface area contributed by atoms with Gasteiger partial charge in [-0.25, -0.2) is 0 Å². The Bertz CT molecular complexity index is 757. The minimum atomic E-state index is -0.403. The third-order valence-electron chi connectivity index (χ3n) is 5.34. The fourth-order valence-corrected chi connectivity index (χ4v) is 3.98. The van der Waals surface area contributed by atoms with Crippen molar-refractivity contribution in [1.82, 2.24) is 24.9 Å². The molecule has 4 rings (SSSR count). The third kappa shape index (κ3) is 3.34. The van der Waals surface area contributed by atoms with Crippen molar-refractivity contribution >= 4 is 5.91 Å². The van der Waals surface area contributed by atoms with Crippen molar-refractivity contribution in [2.45, 2.75) is 44.4 Å². The van der Waals surface area contributed by atoms with Crippen molar-refractivity contribution in [3.63, 3.8) is 0 Å². The zero-order valence-electron chi connectivity index (χ0n) is 14.8. The fourth-order valence-electron chi connectivity index (χ4n) is 3.98. The number of rotatable bonds is 3. The van der Waals surface area contributed by atoms with Gasteiger partial charge in [0, 0.05) is 50.6 Å². The van der Waals surface area contributed by atoms with Gasteiger partial charge < -0.3 is 14.5 Å². The highest BCUT2D eigenvalue weighted by atomic mass is 16.5. The van der Waals surface area contributed by atoms with E-state index < -0.39 is 6.10 Å². The van der Waals surface area contributed by atoms with Gasteiger partial charge in [0.2, 0.25) is 17.6 Å². The Balaban J connectivity index is 1.50. The molecule has 8 nitrogen and oxygen atoms in total. The van der Waals surface area contributed by atoms with Crippen LogP contribution < -0.4 is 0 Å². The van der Waals surface area contributed by atoms with Crippen molar-refractivity contribution in [2.24, 2.45) is 0 Å². The molecule has 0 radical (unpaired) electrons. The van der Waals surface area contributed by atoms with Crippen LogP contribution in [-0.4, -0.2) is 67.7 Å². The Labute approximate surface area is 151 Å². The largest absolute Gasteiger partial charge is 0.392 e. The van der Waals surface area contributed by atoms with Crippen LogP contribution in [0.25, 0.3) is 11.4 Å². The number of carbonyl (C=O) groups is 1. The lowest BCUT2D eigenvalue weighted by molar-refractivity contribution is -0.130. The van der Waals surface area contributed by atoms with E-state index in [1.165, 1.54) is 0 Å². The Hall–Kier alpha value is -2.32. The first kappa shape index (κ1) is 17.1. The Morgan fingerprint density at radius 3 is 2.85 bits per heavy atom. The Morgan fingerprint density at radius 1 is 1.35 bits per heavy atom. The molecule has 0 saturated carbocycles. The van der Waals surface area contributed by atoms with Gasteiger partial charge >= 0.3 is 0 Å². The van der Waals surface area contributed by atoms with Crippen molar-refractivity contribution in [3.05, 3.63) is 30.4 Å². The summed E-state index contributed by atoms with van der Waals surface area (Å²) < 4.78 is 5.53. The molecular weight excluding hydrogens is 334 g/mol. The Kier molecular flexibility index (Phi) is 4.69. The van der Waals surface area contributed by atoms with Crippen LogP contribution in [0.2, 0.25) is 0 Å². The number of β-amino-alcohol motifs (C(OH)–C–C–N with tert-alkyl or cyclic N) is 1. The number of carbonyl (C=O) groups excluding carboxylic acids is 1. The van der Waals surface area contributed by atoms with Gasteiger partial charge in [-0.3, -0.25) is 14.7 Å². The lowest BCUT2D eigenvalue weighted by Gasteiger charge is -2.38. The van der Waals surface area contributed by atoms with E-state index in [4.69, 9.17) is 4.52 Å². The predicted molar refractivity (Wildman–Crippen MR) is 92.9 cm³/mol. The molecule has 2 saturated heterocycles. The number of amides is 1. The molecule has 4 heterocycles. The molecule has 1 N–H and O–H groups in total. The highest BCUT2D eigenvalue weighted by Crippen LogP contribution is 2.36. The first-order chi connectivity index (χ1) is 12.6. The predicted octanol–water partition coefficient (Wildman–Crippen LogP) is 1.25. The zero-order chi connectivity index (χ0) is 18.1. The summed E-state index contributed by atoms with van der Waals surface area (Å²) in [6.45, 7) is 3.72. The fraction of sp³-hybridized carbons (Fsp3) is 0.556. The van der Waals surface area contributed by atoms with E-state index in [-0.39, 0.29) is 11.9 Å². The van der Waals surface area contributed by atoms with Gasteiger partial charge in [-0.15, -0.1) is 0 Å². The average Bonchev–Trinajstić information content (AvgIpc) is 3.29. The number of nitrogens with zero attached hydrogens (tertiary/aromatic N) is 5. The highest BCUT2D eigenvalue weighted by Gasteiger charge is 2.40. The summed E-state index contributed by atoms with van der Waals surface area (Å²) in [6.07, 6.45) is 5.38. The lowest BCUT2D eigenvalue weighted by Crippen LogP contribution is -2.46. The number of aliphatic hydroxyl groups excluding tert-OH is 1. The number of hydrogen-bond acceptors (Lipinski definition) is 7. The van der Waals surface area contributed by atoms with Gasteiger partial charge in [0.25, 0.3) is 0 Å². The van der Waals surface area contributed by atoms with Crippen molar-refractivity contribution < 1.29 is 14.4 Å². The van der Waals surface area contributed by atoms with Crippen LogP contribution in [0.5, 0.6) is 0 Å². The second kappa shape index (κ2) is 7.13. The monoisotopic (exact) mass is 357 g/mol. The Morgan fingerprint density at radius 2 is 2.15 bits per heavy atom. The summed E-state index contributed by atoms with van der Waals surface area (Å²) >= 11 is 0. The molecule has 1 amide bonds. The van der Waals surface area contributed by atoms with E-state index in [0.29, 0.717) is 30.7 Å². The quantitative estimate of drug-likeness (QED) is 0.883. The molecule has 8 heteroatoms. The standard InChI is InChI=1S/C18H23N5O3/c1-12(24)22-7-4-14(5-8-22)23-11-15(25)9-16(23)18-20-17(21-26-18)13-3-2-6-19-10-13/h2-3,6,10,14-16,25H,4-5,7-9,11H2,1H3. The van der Waals surface area contributed by atoms with Gasteiger partial charge in [-0.05, 0) is 31.4 Å². The number of aliphatic hydroxyl groups is 1. The van der Waals surface area contributed by atoms with Gasteiger partial charge in [0.15, 0.2) is 0 Å². The number of hydrogen-bond donors (Lipinski definition) is 1. The highest BCUT2D eigenvalue weighted by molar-refractivity contribution is 5.73. The van der Waals surface area contributed by atoms with E-state index >= 15 is 0 Å². The SMILES string of the molecule is CC(=O)N1CCC(N2CC(O)CC2c2nc(-c3cccnc3)no2)CC1. The number of likely N-dealkylation sites (tertiary alicyclic amines) is 2. The van der Waals surface area contributed by atoms with Crippen LogP contribution in [0.1, 0.15) is 38.1 Å². The van der Waals surface area contributed by atoms with Crippen LogP contribution in [0.4, 0.5) is 0 Å². The number of aromatic nitrogens is 3. The molecule has 2 aliphatic rings. The van der Waals surface area contributed by atoms with E-state index in [0.717, 1.165) is 31.5 Å². The van der Waals surface area contributed by atoms with E-state index in [1.54, 1.807) is 19.3 Å². The van der Waals surface area contributed by atoms with E-state index in [9.17, 15) is 9.90 Å². The number of piperidine rings is 1. The van der Waals surface area contributed by atoms with Crippen LogP contribution >= 0.6 is 0 Å². The van der Waals surface area contributed by atoms with Crippen LogP contribution in [-0.2, 0) is 4.79 Å². The van der Waals surface area contributed by atoms with Gasteiger partial charge in [-0.2, -0.15) is 4.98 Å². The molecule has 0 spiro atoms. The molecule has 0 aromatic carbocycles. The lowest BCUT2D eigenvalue weighted by atomic mass is 10.0. The van der Waals surface area contributed by atoms with Crippen LogP contribution in [0.15, 0.2) is 29.0 Å². The molecule has 2 aromatic rings. The summed E-state index contributed by atoms with van der Waals surface area (Å²) in [5.41, 5.74) is 0.808. The molecule has 26 heavy (non-hydrogen) atoms. The second-order valence-electron chi connectivity index (χ2n) is 7.04. The molecule has 2 fully saturated rings. The molecule has 2 aromatic heterocycles. The second-order valence-corrected chi connectivity index (χ2v) is 7.04. The van der Waals surface area contributed by atoms with Crippen molar-refractivity contribution in [1.29, 1.82) is 0 Å². The van der Waals surface area contributed by atoms with Crippen molar-refractivity contribution in [2.75, 3.05) is 19.6 Å². The first-order valence-electron chi connectivity index (χ1n) is 9.05. The molecule has 2 unspecified atom stereocenters. The molecular formula is C18H23N5O3. The smallest absolute Gasteiger partial charge is 0.244 e. The van der Waals surface area contributed by atoms with Crippen molar-refractivity contribution in [3.8, 4) is 11.4 Å².